The standard InChI is InChI=1S/C22H22N6O3S/c1-32(29,30)27-12-11-16(13-27)28-22-19(21(23)24-14-25-22)20(26-28)15-7-9-18(10-8-15)31-17-5-3-2-4-6-17/h2-10,14,16H,11-13H2,1H3,(H2,23,24,25). The third kappa shape index (κ3) is 3.78. The summed E-state index contributed by atoms with van der Waals surface area (Å²) in [6.07, 6.45) is 3.28. The Morgan fingerprint density at radius 1 is 1.03 bits per heavy atom. The van der Waals surface area contributed by atoms with Gasteiger partial charge in [-0.25, -0.2) is 23.1 Å². The van der Waals surface area contributed by atoms with E-state index in [2.05, 4.69) is 9.97 Å². The molecule has 2 N–H and O–H groups in total. The number of hydrogen-bond acceptors (Lipinski definition) is 7. The molecule has 0 amide bonds. The molecular formula is C22H22N6O3S. The number of nitrogens with two attached hydrogens (primary N) is 1. The molecule has 1 unspecified atom stereocenters. The number of anilines is 1. The van der Waals surface area contributed by atoms with Crippen molar-refractivity contribution in [3.05, 3.63) is 60.9 Å². The molecule has 1 saturated heterocycles. The Morgan fingerprint density at radius 2 is 1.75 bits per heavy atom. The van der Waals surface area contributed by atoms with Crippen LogP contribution in [0.15, 0.2) is 60.9 Å². The molecule has 0 bridgehead atoms. The van der Waals surface area contributed by atoms with Gasteiger partial charge in [-0.3, -0.25) is 0 Å². The first-order valence-electron chi connectivity index (χ1n) is 10.2. The van der Waals surface area contributed by atoms with Crippen molar-refractivity contribution >= 4 is 26.9 Å². The van der Waals surface area contributed by atoms with Gasteiger partial charge in [-0.05, 0) is 42.8 Å². The molecule has 2 aromatic heterocycles. The topological polar surface area (TPSA) is 116 Å². The van der Waals surface area contributed by atoms with Crippen molar-refractivity contribution in [3.63, 3.8) is 0 Å². The minimum absolute atomic E-state index is 0.129. The average Bonchev–Trinajstić information content (AvgIpc) is 3.41. The van der Waals surface area contributed by atoms with Crippen LogP contribution in [0.5, 0.6) is 11.5 Å². The van der Waals surface area contributed by atoms with Crippen LogP contribution in [-0.4, -0.2) is 51.8 Å². The maximum absolute atomic E-state index is 12.0. The second-order valence-corrected chi connectivity index (χ2v) is 9.74. The lowest BCUT2D eigenvalue weighted by molar-refractivity contribution is 0.443. The van der Waals surface area contributed by atoms with Gasteiger partial charge in [0, 0.05) is 18.7 Å². The van der Waals surface area contributed by atoms with Crippen LogP contribution in [0.1, 0.15) is 12.5 Å². The molecule has 1 aliphatic rings. The van der Waals surface area contributed by atoms with Gasteiger partial charge in [-0.1, -0.05) is 18.2 Å². The molecule has 32 heavy (non-hydrogen) atoms. The van der Waals surface area contributed by atoms with E-state index in [0.29, 0.717) is 47.8 Å². The molecule has 1 fully saturated rings. The number of para-hydroxylation sites is 1. The molecule has 1 aliphatic heterocycles. The minimum Gasteiger partial charge on any atom is -0.457 e. The highest BCUT2D eigenvalue weighted by Crippen LogP contribution is 2.35. The lowest BCUT2D eigenvalue weighted by Crippen LogP contribution is -2.28. The molecule has 10 heteroatoms. The fourth-order valence-electron chi connectivity index (χ4n) is 3.97. The van der Waals surface area contributed by atoms with Crippen molar-refractivity contribution in [1.29, 1.82) is 0 Å². The molecule has 5 rings (SSSR count). The number of nitrogen functional groups attached to an aromatic ring is 1. The van der Waals surface area contributed by atoms with Crippen molar-refractivity contribution in [2.24, 2.45) is 0 Å². The molecule has 9 nitrogen and oxygen atoms in total. The van der Waals surface area contributed by atoms with E-state index in [9.17, 15) is 8.42 Å². The molecule has 0 aliphatic carbocycles. The van der Waals surface area contributed by atoms with E-state index in [4.69, 9.17) is 15.6 Å². The molecule has 0 radical (unpaired) electrons. The van der Waals surface area contributed by atoms with Crippen molar-refractivity contribution in [3.8, 4) is 22.8 Å². The SMILES string of the molecule is CS(=O)(=O)N1CCC(n2nc(-c3ccc(Oc4ccccc4)cc3)c3c(N)ncnc32)C1. The van der Waals surface area contributed by atoms with Crippen LogP contribution in [0.25, 0.3) is 22.3 Å². The van der Waals surface area contributed by atoms with E-state index < -0.39 is 10.0 Å². The van der Waals surface area contributed by atoms with Gasteiger partial charge in [0.1, 0.15) is 29.3 Å². The summed E-state index contributed by atoms with van der Waals surface area (Å²) in [5, 5.41) is 5.46. The Morgan fingerprint density at radius 3 is 2.44 bits per heavy atom. The number of fused-ring (bicyclic) bond motifs is 1. The van der Waals surface area contributed by atoms with Crippen molar-refractivity contribution in [2.45, 2.75) is 12.5 Å². The fourth-order valence-corrected chi connectivity index (χ4v) is 4.85. The molecule has 3 heterocycles. The molecule has 1 atom stereocenters. The Hall–Kier alpha value is -3.50. The van der Waals surface area contributed by atoms with Crippen LogP contribution in [-0.2, 0) is 10.0 Å². The quantitative estimate of drug-likeness (QED) is 0.497. The molecule has 4 aromatic rings. The van der Waals surface area contributed by atoms with Gasteiger partial charge in [0.2, 0.25) is 10.0 Å². The maximum atomic E-state index is 12.0. The zero-order valence-corrected chi connectivity index (χ0v) is 18.2. The molecule has 2 aromatic carbocycles. The van der Waals surface area contributed by atoms with E-state index in [1.54, 1.807) is 4.68 Å². The average molecular weight is 451 g/mol. The summed E-state index contributed by atoms with van der Waals surface area (Å²) in [5.41, 5.74) is 8.29. The predicted octanol–water partition coefficient (Wildman–Crippen LogP) is 3.07. The van der Waals surface area contributed by atoms with Gasteiger partial charge >= 0.3 is 0 Å². The number of sulfonamides is 1. The lowest BCUT2D eigenvalue weighted by Gasteiger charge is -2.14. The van der Waals surface area contributed by atoms with Gasteiger partial charge in [0.05, 0.1) is 17.7 Å². The van der Waals surface area contributed by atoms with E-state index >= 15 is 0 Å². The number of nitrogens with zero attached hydrogens (tertiary/aromatic N) is 5. The van der Waals surface area contributed by atoms with E-state index in [0.717, 1.165) is 11.3 Å². The predicted molar refractivity (Wildman–Crippen MR) is 122 cm³/mol. The zero-order chi connectivity index (χ0) is 22.3. The first kappa shape index (κ1) is 20.4. The Balaban J connectivity index is 1.51. The Bertz CT molecular complexity index is 1370. The van der Waals surface area contributed by atoms with E-state index in [-0.39, 0.29) is 6.04 Å². The number of benzene rings is 2. The lowest BCUT2D eigenvalue weighted by atomic mass is 10.1. The minimum atomic E-state index is -3.26. The molecule has 164 valence electrons. The largest absolute Gasteiger partial charge is 0.457 e. The first-order valence-corrected chi connectivity index (χ1v) is 12.0. The number of hydrogen-bond donors (Lipinski definition) is 1. The van der Waals surface area contributed by atoms with Crippen LogP contribution in [0.3, 0.4) is 0 Å². The summed E-state index contributed by atoms with van der Waals surface area (Å²) < 4.78 is 33.0. The van der Waals surface area contributed by atoms with Crippen LogP contribution < -0.4 is 10.5 Å². The number of aromatic nitrogens is 4. The van der Waals surface area contributed by atoms with E-state index in [1.165, 1.54) is 16.9 Å². The second-order valence-electron chi connectivity index (χ2n) is 7.75. The van der Waals surface area contributed by atoms with Gasteiger partial charge in [-0.15, -0.1) is 0 Å². The highest BCUT2D eigenvalue weighted by Gasteiger charge is 2.32. The Kier molecular flexibility index (Phi) is 5.03. The summed E-state index contributed by atoms with van der Waals surface area (Å²) in [4.78, 5) is 8.55. The van der Waals surface area contributed by atoms with Crippen molar-refractivity contribution in [2.75, 3.05) is 25.1 Å². The zero-order valence-electron chi connectivity index (χ0n) is 17.4. The van der Waals surface area contributed by atoms with Crippen molar-refractivity contribution < 1.29 is 13.2 Å². The maximum Gasteiger partial charge on any atom is 0.211 e. The highest BCUT2D eigenvalue weighted by atomic mass is 32.2. The van der Waals surface area contributed by atoms with Crippen molar-refractivity contribution in [1.82, 2.24) is 24.1 Å². The summed E-state index contributed by atoms with van der Waals surface area (Å²) in [6.45, 7) is 0.801. The molecule has 0 saturated carbocycles. The normalized spacial score (nSPS) is 17.1. The van der Waals surface area contributed by atoms with Crippen LogP contribution in [0, 0.1) is 0 Å². The van der Waals surface area contributed by atoms with E-state index in [1.807, 2.05) is 54.6 Å². The van der Waals surface area contributed by atoms with Crippen LogP contribution >= 0.6 is 0 Å². The fraction of sp³-hybridized carbons (Fsp3) is 0.227. The highest BCUT2D eigenvalue weighted by molar-refractivity contribution is 7.88. The van der Waals surface area contributed by atoms with Crippen LogP contribution in [0.2, 0.25) is 0 Å². The summed E-state index contributed by atoms with van der Waals surface area (Å²) in [5.74, 6) is 1.79. The van der Waals surface area contributed by atoms with Gasteiger partial charge in [0.15, 0.2) is 5.65 Å². The summed E-state index contributed by atoms with van der Waals surface area (Å²) in [6, 6.07) is 17.0. The first-order chi connectivity index (χ1) is 15.4. The van der Waals surface area contributed by atoms with Gasteiger partial charge < -0.3 is 10.5 Å². The summed E-state index contributed by atoms with van der Waals surface area (Å²) >= 11 is 0. The molecule has 0 spiro atoms. The third-order valence-corrected chi connectivity index (χ3v) is 6.84. The monoisotopic (exact) mass is 450 g/mol. The molecular weight excluding hydrogens is 428 g/mol. The van der Waals surface area contributed by atoms with Crippen LogP contribution in [0.4, 0.5) is 5.82 Å². The van der Waals surface area contributed by atoms with Gasteiger partial charge in [-0.2, -0.15) is 9.40 Å². The number of ether oxygens (including phenoxy) is 1. The van der Waals surface area contributed by atoms with Gasteiger partial charge in [0.25, 0.3) is 0 Å². The smallest absolute Gasteiger partial charge is 0.211 e. The number of rotatable bonds is 5. The third-order valence-electron chi connectivity index (χ3n) is 5.57. The summed E-state index contributed by atoms with van der Waals surface area (Å²) in [7, 11) is -3.26. The second kappa shape index (κ2) is 7.88. The Labute approximate surface area is 185 Å².